The molecule has 2 aliphatic heterocycles. The van der Waals surface area contributed by atoms with Gasteiger partial charge in [0.25, 0.3) is 10.2 Å². The van der Waals surface area contributed by atoms with Gasteiger partial charge in [0.2, 0.25) is 0 Å². The molecule has 2 fully saturated rings. The number of rotatable bonds is 8. The molecule has 2 aliphatic rings. The van der Waals surface area contributed by atoms with Gasteiger partial charge in [-0.1, -0.05) is 6.42 Å². The first-order valence-electron chi connectivity index (χ1n) is 7.80. The van der Waals surface area contributed by atoms with Crippen molar-refractivity contribution < 1.29 is 23.2 Å². The molecule has 2 saturated heterocycles. The summed E-state index contributed by atoms with van der Waals surface area (Å²) in [6.07, 6.45) is 1.48. The van der Waals surface area contributed by atoms with Gasteiger partial charge in [-0.25, -0.2) is 4.72 Å². The lowest BCUT2D eigenvalue weighted by Gasteiger charge is -2.38. The van der Waals surface area contributed by atoms with Crippen molar-refractivity contribution in [3.63, 3.8) is 0 Å². The molecule has 0 spiro atoms. The molecule has 2 atom stereocenters. The summed E-state index contributed by atoms with van der Waals surface area (Å²) in [6.45, 7) is 3.19. The first-order chi connectivity index (χ1) is 10.5. The van der Waals surface area contributed by atoms with Crippen LogP contribution in [0.3, 0.4) is 0 Å². The van der Waals surface area contributed by atoms with Gasteiger partial charge in [0.05, 0.1) is 18.8 Å². The van der Waals surface area contributed by atoms with Gasteiger partial charge in [0, 0.05) is 25.2 Å². The zero-order valence-electron chi connectivity index (χ0n) is 13.4. The number of ether oxygens (including phenoxy) is 1. The molecule has 23 heavy (non-hydrogen) atoms. The van der Waals surface area contributed by atoms with Gasteiger partial charge < -0.3 is 26.3 Å². The van der Waals surface area contributed by atoms with Crippen LogP contribution >= 0.6 is 0 Å². The molecule has 0 radical (unpaired) electrons. The molecule has 0 amide bonds. The highest BCUT2D eigenvalue weighted by atomic mass is 32.2. The van der Waals surface area contributed by atoms with Gasteiger partial charge in [-0.15, -0.1) is 0 Å². The van der Waals surface area contributed by atoms with Crippen LogP contribution in [-0.2, 0) is 14.9 Å². The third-order valence-corrected chi connectivity index (χ3v) is 6.08. The maximum atomic E-state index is 12.4. The third kappa shape index (κ3) is 4.86. The average molecular weight is 350 g/mol. The molecule has 0 aromatic carbocycles. The van der Waals surface area contributed by atoms with Crippen LogP contribution in [0.15, 0.2) is 0 Å². The maximum Gasteiger partial charge on any atom is 0.451 e. The summed E-state index contributed by atoms with van der Waals surface area (Å²) >= 11 is 0. The van der Waals surface area contributed by atoms with E-state index in [1.54, 1.807) is 0 Å². The van der Waals surface area contributed by atoms with Crippen LogP contribution in [0.4, 0.5) is 0 Å². The first-order valence-corrected chi connectivity index (χ1v) is 9.24. The summed E-state index contributed by atoms with van der Waals surface area (Å²) in [7, 11) is -4.99. The maximum absolute atomic E-state index is 12.4. The largest absolute Gasteiger partial charge is 0.451 e. The summed E-state index contributed by atoms with van der Waals surface area (Å²) in [5.74, 6) is -0.0308. The molecule has 2 rings (SSSR count). The fourth-order valence-electron chi connectivity index (χ4n) is 2.97. The van der Waals surface area contributed by atoms with E-state index in [-0.39, 0.29) is 25.3 Å². The van der Waals surface area contributed by atoms with E-state index in [1.807, 2.05) is 6.92 Å². The number of hydrogen-bond acceptors (Lipinski definition) is 7. The molecule has 7 N–H and O–H groups in total. The van der Waals surface area contributed by atoms with Crippen LogP contribution in [0.5, 0.6) is 0 Å². The quantitative estimate of drug-likeness (QED) is 0.302. The van der Waals surface area contributed by atoms with Crippen LogP contribution < -0.4 is 16.2 Å². The zero-order chi connectivity index (χ0) is 17.3. The third-order valence-electron chi connectivity index (χ3n) is 4.61. The van der Waals surface area contributed by atoms with E-state index < -0.39 is 28.4 Å². The van der Waals surface area contributed by atoms with Gasteiger partial charge in [0.1, 0.15) is 0 Å². The molecule has 0 aliphatic carbocycles. The van der Waals surface area contributed by atoms with E-state index in [0.717, 1.165) is 0 Å². The molecule has 9 nitrogen and oxygen atoms in total. The Labute approximate surface area is 137 Å². The monoisotopic (exact) mass is 350 g/mol. The van der Waals surface area contributed by atoms with Crippen molar-refractivity contribution in [1.29, 1.82) is 0 Å². The molecule has 0 unspecified atom stereocenters. The smallest absolute Gasteiger partial charge is 0.427 e. The topological polar surface area (TPSA) is 151 Å². The Morgan fingerprint density at radius 1 is 1.39 bits per heavy atom. The number of hydrogen-bond donors (Lipinski definition) is 5. The first kappa shape index (κ1) is 19.1. The average Bonchev–Trinajstić information content (AvgIpc) is 2.70. The minimum Gasteiger partial charge on any atom is -0.427 e. The number of nitrogens with one attached hydrogen (secondary N) is 1. The predicted octanol–water partition coefficient (Wildman–Crippen LogP) is -2.55. The fraction of sp³-hybridized carbons (Fsp3) is 1.00. The van der Waals surface area contributed by atoms with Gasteiger partial charge >= 0.3 is 7.12 Å². The normalized spacial score (nSPS) is 31.1. The standard InChI is InChI=1S/C12H27BN4O5S/c1-11(14)7-17(5-10(11)3-2-4-13(18)19)23(20,21)16-6-12(15)8-22-9-12/h10,16,18-19H,2-9,14-15H2,1H3/t10-,11-/m0/s1. The second-order valence-electron chi connectivity index (χ2n) is 7.09. The van der Waals surface area contributed by atoms with Crippen LogP contribution in [0.2, 0.25) is 6.32 Å². The van der Waals surface area contributed by atoms with Crippen molar-refractivity contribution in [2.24, 2.45) is 17.4 Å². The van der Waals surface area contributed by atoms with Crippen LogP contribution in [0, 0.1) is 5.92 Å². The number of nitrogens with two attached hydrogens (primary N) is 2. The molecular formula is C12H27BN4O5S. The second kappa shape index (κ2) is 6.92. The summed E-state index contributed by atoms with van der Waals surface area (Å²) in [4.78, 5) is 0. The van der Waals surface area contributed by atoms with Crippen LogP contribution in [0.25, 0.3) is 0 Å². The minimum absolute atomic E-state index is 0.0308. The Morgan fingerprint density at radius 3 is 2.57 bits per heavy atom. The van der Waals surface area contributed by atoms with E-state index >= 15 is 0 Å². The Bertz CT molecular complexity index is 512. The highest BCUT2D eigenvalue weighted by Gasteiger charge is 2.45. The van der Waals surface area contributed by atoms with E-state index in [1.165, 1.54) is 4.31 Å². The van der Waals surface area contributed by atoms with E-state index in [0.29, 0.717) is 32.6 Å². The molecule has 134 valence electrons. The van der Waals surface area contributed by atoms with E-state index in [2.05, 4.69) is 4.72 Å². The summed E-state index contributed by atoms with van der Waals surface area (Å²) in [5, 5.41) is 17.8. The highest BCUT2D eigenvalue weighted by molar-refractivity contribution is 7.87. The lowest BCUT2D eigenvalue weighted by Crippen LogP contribution is -2.64. The zero-order valence-corrected chi connectivity index (χ0v) is 14.3. The van der Waals surface area contributed by atoms with Gasteiger partial charge in [-0.3, -0.25) is 0 Å². The lowest BCUT2D eigenvalue weighted by atomic mass is 9.79. The number of nitrogens with zero attached hydrogens (tertiary/aromatic N) is 1. The summed E-state index contributed by atoms with van der Waals surface area (Å²) < 4.78 is 33.7. The second-order valence-corrected chi connectivity index (χ2v) is 8.84. The minimum atomic E-state index is -3.65. The van der Waals surface area contributed by atoms with E-state index in [9.17, 15) is 8.42 Å². The Kier molecular flexibility index (Phi) is 5.74. The van der Waals surface area contributed by atoms with Crippen LogP contribution in [0.1, 0.15) is 19.8 Å². The predicted molar refractivity (Wildman–Crippen MR) is 86.5 cm³/mol. The molecule has 0 aromatic heterocycles. The molecular weight excluding hydrogens is 323 g/mol. The van der Waals surface area contributed by atoms with Gasteiger partial charge in [-0.2, -0.15) is 12.7 Å². The molecule has 0 bridgehead atoms. The summed E-state index contributed by atoms with van der Waals surface area (Å²) in [5.41, 5.74) is 10.9. The van der Waals surface area contributed by atoms with Crippen molar-refractivity contribution in [2.45, 2.75) is 37.2 Å². The Balaban J connectivity index is 1.89. The highest BCUT2D eigenvalue weighted by Crippen LogP contribution is 2.31. The van der Waals surface area contributed by atoms with Crippen molar-refractivity contribution in [2.75, 3.05) is 32.8 Å². The molecule has 11 heteroatoms. The van der Waals surface area contributed by atoms with Gasteiger partial charge in [-0.05, 0) is 25.6 Å². The van der Waals surface area contributed by atoms with E-state index in [4.69, 9.17) is 26.3 Å². The van der Waals surface area contributed by atoms with Crippen molar-refractivity contribution in [3.05, 3.63) is 0 Å². The van der Waals surface area contributed by atoms with Gasteiger partial charge in [0.15, 0.2) is 0 Å². The molecule has 2 heterocycles. The fourth-order valence-corrected chi connectivity index (χ4v) is 4.45. The van der Waals surface area contributed by atoms with Crippen molar-refractivity contribution in [3.8, 4) is 0 Å². The molecule has 0 saturated carbocycles. The van der Waals surface area contributed by atoms with Crippen molar-refractivity contribution >= 4 is 17.3 Å². The van der Waals surface area contributed by atoms with Crippen LogP contribution in [-0.4, -0.2) is 73.8 Å². The Morgan fingerprint density at radius 2 is 2.04 bits per heavy atom. The SMILES string of the molecule is C[C@]1(N)CN(S(=O)(=O)NCC2(N)COC2)C[C@@H]1CCCB(O)O. The lowest BCUT2D eigenvalue weighted by molar-refractivity contribution is -0.0499. The molecule has 0 aromatic rings. The summed E-state index contributed by atoms with van der Waals surface area (Å²) in [6, 6.07) is 0. The van der Waals surface area contributed by atoms with Crippen molar-refractivity contribution in [1.82, 2.24) is 9.03 Å². The Hall–Kier alpha value is -0.265.